The summed E-state index contributed by atoms with van der Waals surface area (Å²) in [5, 5.41) is 6.49. The molecule has 1 atom stereocenters. The highest BCUT2D eigenvalue weighted by atomic mass is 35.5. The van der Waals surface area contributed by atoms with E-state index in [9.17, 15) is 4.79 Å². The number of carbonyl (C=O) groups is 1. The molecule has 1 aliphatic heterocycles. The number of nitrogens with one attached hydrogen (secondary N) is 2. The predicted molar refractivity (Wildman–Crippen MR) is 114 cm³/mol. The number of hydrogen-bond donors (Lipinski definition) is 2. The van der Waals surface area contributed by atoms with Crippen LogP contribution in [0.2, 0.25) is 0 Å². The molecule has 1 aromatic rings. The molecule has 1 unspecified atom stereocenters. The Hall–Kier alpha value is -1.46. The Balaban J connectivity index is 0.00000280. The van der Waals surface area contributed by atoms with E-state index in [1.54, 1.807) is 7.11 Å². The van der Waals surface area contributed by atoms with Gasteiger partial charge in [-0.2, -0.15) is 0 Å². The first-order valence-electron chi connectivity index (χ1n) is 10.5. The van der Waals surface area contributed by atoms with Crippen molar-refractivity contribution in [2.75, 3.05) is 20.2 Å². The maximum absolute atomic E-state index is 12.5. The third-order valence-corrected chi connectivity index (χ3v) is 6.04. The van der Waals surface area contributed by atoms with E-state index in [-0.39, 0.29) is 24.4 Å². The molecule has 158 valence electrons. The zero-order chi connectivity index (χ0) is 19.1. The van der Waals surface area contributed by atoms with E-state index in [1.807, 2.05) is 18.2 Å². The number of amides is 1. The average Bonchev–Trinajstić information content (AvgIpc) is 3.20. The zero-order valence-electron chi connectivity index (χ0n) is 17.2. The highest BCUT2D eigenvalue weighted by Gasteiger charge is 2.22. The third-order valence-electron chi connectivity index (χ3n) is 6.04. The number of halogens is 1. The molecular weight excluding hydrogens is 376 g/mol. The van der Waals surface area contributed by atoms with Crippen molar-refractivity contribution in [1.29, 1.82) is 0 Å². The molecule has 0 spiro atoms. The van der Waals surface area contributed by atoms with E-state index in [0.717, 1.165) is 43.0 Å². The van der Waals surface area contributed by atoms with Crippen LogP contribution >= 0.6 is 12.4 Å². The van der Waals surface area contributed by atoms with Gasteiger partial charge in [0.2, 0.25) is 5.91 Å². The van der Waals surface area contributed by atoms with Crippen LogP contribution in [-0.2, 0) is 11.3 Å². The first kappa shape index (κ1) is 22.8. The molecule has 2 N–H and O–H groups in total. The van der Waals surface area contributed by atoms with Gasteiger partial charge in [-0.1, -0.05) is 6.92 Å². The molecule has 2 fully saturated rings. The van der Waals surface area contributed by atoms with Gasteiger partial charge < -0.3 is 20.1 Å². The molecule has 3 rings (SSSR count). The van der Waals surface area contributed by atoms with Crippen molar-refractivity contribution in [2.24, 2.45) is 11.8 Å². The number of rotatable bonds is 8. The van der Waals surface area contributed by atoms with Crippen molar-refractivity contribution in [3.8, 4) is 11.5 Å². The summed E-state index contributed by atoms with van der Waals surface area (Å²) < 4.78 is 11.6. The van der Waals surface area contributed by atoms with E-state index in [1.165, 1.54) is 25.7 Å². The van der Waals surface area contributed by atoms with Crippen LogP contribution in [0.15, 0.2) is 18.2 Å². The molecule has 0 bridgehead atoms. The lowest BCUT2D eigenvalue weighted by Crippen LogP contribution is -2.33. The highest BCUT2D eigenvalue weighted by Crippen LogP contribution is 2.30. The van der Waals surface area contributed by atoms with Gasteiger partial charge in [-0.25, -0.2) is 0 Å². The van der Waals surface area contributed by atoms with Gasteiger partial charge in [0, 0.05) is 24.6 Å². The average molecular weight is 411 g/mol. The Morgan fingerprint density at radius 3 is 2.61 bits per heavy atom. The third kappa shape index (κ3) is 6.56. The second-order valence-electron chi connectivity index (χ2n) is 8.04. The standard InChI is InChI=1S/C22H34N2O3.ClH/c1-16(17-9-11-23-12-10-17)13-22(25)24-15-18-7-8-20(26-2)14-21(18)27-19-5-3-4-6-19;/h7-8,14,16-17,19,23H,3-6,9-13,15H2,1-2H3,(H,24,25);1H. The van der Waals surface area contributed by atoms with E-state index in [2.05, 4.69) is 17.6 Å². The van der Waals surface area contributed by atoms with Crippen molar-refractivity contribution < 1.29 is 14.3 Å². The van der Waals surface area contributed by atoms with Crippen LogP contribution in [0.5, 0.6) is 11.5 Å². The molecule has 2 aliphatic rings. The van der Waals surface area contributed by atoms with Crippen molar-refractivity contribution in [3.63, 3.8) is 0 Å². The Labute approximate surface area is 175 Å². The minimum absolute atomic E-state index is 0. The Morgan fingerprint density at radius 1 is 1.21 bits per heavy atom. The summed E-state index contributed by atoms with van der Waals surface area (Å²) in [4.78, 5) is 12.5. The largest absolute Gasteiger partial charge is 0.497 e. The van der Waals surface area contributed by atoms with E-state index in [0.29, 0.717) is 24.8 Å². The predicted octanol–water partition coefficient (Wildman–Crippen LogP) is 4.08. The van der Waals surface area contributed by atoms with Gasteiger partial charge in [0.05, 0.1) is 13.2 Å². The molecule has 0 radical (unpaired) electrons. The molecule has 6 heteroatoms. The number of ether oxygens (including phenoxy) is 2. The highest BCUT2D eigenvalue weighted by molar-refractivity contribution is 5.85. The Morgan fingerprint density at radius 2 is 1.93 bits per heavy atom. The summed E-state index contributed by atoms with van der Waals surface area (Å²) in [6.45, 7) is 4.86. The van der Waals surface area contributed by atoms with Crippen LogP contribution in [0.25, 0.3) is 0 Å². The fraction of sp³-hybridized carbons (Fsp3) is 0.682. The van der Waals surface area contributed by atoms with Crippen LogP contribution in [0.1, 0.15) is 57.4 Å². The summed E-state index contributed by atoms with van der Waals surface area (Å²) >= 11 is 0. The van der Waals surface area contributed by atoms with Gasteiger partial charge >= 0.3 is 0 Å². The maximum Gasteiger partial charge on any atom is 0.220 e. The molecule has 1 amide bonds. The molecule has 1 heterocycles. The number of carbonyl (C=O) groups excluding carboxylic acids is 1. The van der Waals surface area contributed by atoms with Crippen molar-refractivity contribution in [2.45, 2.75) is 64.5 Å². The second-order valence-corrected chi connectivity index (χ2v) is 8.04. The van der Waals surface area contributed by atoms with Crippen molar-refractivity contribution >= 4 is 18.3 Å². The summed E-state index contributed by atoms with van der Waals surface area (Å²) in [6, 6.07) is 5.87. The minimum atomic E-state index is 0. The summed E-state index contributed by atoms with van der Waals surface area (Å²) in [5.74, 6) is 2.84. The van der Waals surface area contributed by atoms with E-state index in [4.69, 9.17) is 9.47 Å². The van der Waals surface area contributed by atoms with Crippen LogP contribution in [0.4, 0.5) is 0 Å². The Kier molecular flexibility index (Phi) is 9.39. The van der Waals surface area contributed by atoms with Crippen LogP contribution in [0.3, 0.4) is 0 Å². The monoisotopic (exact) mass is 410 g/mol. The normalized spacial score (nSPS) is 18.9. The van der Waals surface area contributed by atoms with Gasteiger partial charge in [0.15, 0.2) is 0 Å². The molecule has 1 saturated carbocycles. The van der Waals surface area contributed by atoms with E-state index < -0.39 is 0 Å². The van der Waals surface area contributed by atoms with Crippen LogP contribution < -0.4 is 20.1 Å². The fourth-order valence-corrected chi connectivity index (χ4v) is 4.24. The lowest BCUT2D eigenvalue weighted by Gasteiger charge is -2.28. The van der Waals surface area contributed by atoms with Crippen molar-refractivity contribution in [3.05, 3.63) is 23.8 Å². The molecule has 1 aromatic carbocycles. The minimum Gasteiger partial charge on any atom is -0.497 e. The van der Waals surface area contributed by atoms with Crippen LogP contribution in [-0.4, -0.2) is 32.2 Å². The van der Waals surface area contributed by atoms with E-state index >= 15 is 0 Å². The smallest absolute Gasteiger partial charge is 0.220 e. The summed E-state index contributed by atoms with van der Waals surface area (Å²) in [6.07, 6.45) is 7.91. The SMILES string of the molecule is COc1ccc(CNC(=O)CC(C)C2CCNCC2)c(OC2CCCC2)c1.Cl. The number of piperidine rings is 1. The first-order chi connectivity index (χ1) is 13.2. The quantitative estimate of drug-likeness (QED) is 0.677. The van der Waals surface area contributed by atoms with Crippen molar-refractivity contribution in [1.82, 2.24) is 10.6 Å². The van der Waals surface area contributed by atoms with Gasteiger partial charge in [-0.3, -0.25) is 4.79 Å². The first-order valence-corrected chi connectivity index (χ1v) is 10.5. The van der Waals surface area contributed by atoms with Gasteiger partial charge in [-0.15, -0.1) is 12.4 Å². The fourth-order valence-electron chi connectivity index (χ4n) is 4.24. The molecule has 1 saturated heterocycles. The van der Waals surface area contributed by atoms with Crippen LogP contribution in [0, 0.1) is 11.8 Å². The summed E-state index contributed by atoms with van der Waals surface area (Å²) in [7, 11) is 1.66. The molecule has 1 aliphatic carbocycles. The maximum atomic E-state index is 12.5. The topological polar surface area (TPSA) is 59.6 Å². The van der Waals surface area contributed by atoms with Gasteiger partial charge in [-0.05, 0) is 75.6 Å². The molecular formula is C22H35ClN2O3. The lowest BCUT2D eigenvalue weighted by molar-refractivity contribution is -0.122. The van der Waals surface area contributed by atoms with Gasteiger partial charge in [0.25, 0.3) is 0 Å². The molecule has 28 heavy (non-hydrogen) atoms. The number of benzene rings is 1. The Bertz CT molecular complexity index is 614. The zero-order valence-corrected chi connectivity index (χ0v) is 18.0. The number of methoxy groups -OCH3 is 1. The molecule has 0 aromatic heterocycles. The number of hydrogen-bond acceptors (Lipinski definition) is 4. The second kappa shape index (κ2) is 11.5. The van der Waals surface area contributed by atoms with Gasteiger partial charge in [0.1, 0.15) is 11.5 Å². The molecule has 5 nitrogen and oxygen atoms in total. The lowest BCUT2D eigenvalue weighted by atomic mass is 9.84. The summed E-state index contributed by atoms with van der Waals surface area (Å²) in [5.41, 5.74) is 1.02.